The first-order valence-corrected chi connectivity index (χ1v) is 10.6. The lowest BCUT2D eigenvalue weighted by molar-refractivity contribution is -0.121. The molecule has 0 saturated heterocycles. The minimum atomic E-state index is -0.495. The van der Waals surface area contributed by atoms with Crippen LogP contribution in [0.4, 0.5) is 21.9 Å². The molecule has 2 N–H and O–H groups in total. The molecule has 0 bridgehead atoms. The zero-order chi connectivity index (χ0) is 23.8. The topological polar surface area (TPSA) is 81.8 Å². The molecule has 0 unspecified atom stereocenters. The fraction of sp³-hybridized carbons (Fsp3) is 0.192. The summed E-state index contributed by atoms with van der Waals surface area (Å²) in [5, 5.41) is 5.28. The van der Waals surface area contributed by atoms with Crippen LogP contribution < -0.4 is 20.4 Å². The van der Waals surface area contributed by atoms with E-state index in [0.29, 0.717) is 11.4 Å². The molecule has 0 radical (unpaired) electrons. The smallest absolute Gasteiger partial charge is 0.319 e. The van der Waals surface area contributed by atoms with Gasteiger partial charge in [0.15, 0.2) is 0 Å². The van der Waals surface area contributed by atoms with Crippen molar-refractivity contribution in [2.45, 2.75) is 13.8 Å². The Labute approximate surface area is 194 Å². The maximum atomic E-state index is 13.0. The van der Waals surface area contributed by atoms with Gasteiger partial charge in [0.05, 0.1) is 6.54 Å². The lowest BCUT2D eigenvalue weighted by Crippen LogP contribution is -2.46. The van der Waals surface area contributed by atoms with Crippen LogP contribution in [0.5, 0.6) is 0 Å². The number of nitrogens with zero attached hydrogens (tertiary/aromatic N) is 2. The van der Waals surface area contributed by atoms with Gasteiger partial charge in [-0.3, -0.25) is 9.59 Å². The highest BCUT2D eigenvalue weighted by Crippen LogP contribution is 2.17. The van der Waals surface area contributed by atoms with Crippen molar-refractivity contribution >= 4 is 34.9 Å². The predicted molar refractivity (Wildman–Crippen MR) is 132 cm³/mol. The van der Waals surface area contributed by atoms with Gasteiger partial charge >= 0.3 is 6.03 Å². The zero-order valence-corrected chi connectivity index (χ0v) is 19.0. The third-order valence-electron chi connectivity index (χ3n) is 5.10. The number of amides is 4. The number of urea groups is 1. The summed E-state index contributed by atoms with van der Waals surface area (Å²) in [6.07, 6.45) is 0. The Balaban J connectivity index is 1.68. The predicted octanol–water partition coefficient (Wildman–Crippen LogP) is 4.12. The van der Waals surface area contributed by atoms with Gasteiger partial charge in [-0.05, 0) is 61.4 Å². The first kappa shape index (κ1) is 23.5. The Morgan fingerprint density at radius 2 is 1.39 bits per heavy atom. The number of carbonyl (C=O) groups is 3. The van der Waals surface area contributed by atoms with E-state index in [-0.39, 0.29) is 19.0 Å². The number of para-hydroxylation sites is 1. The standard InChI is InChI=1S/C26H28N4O3/c1-19-9-7-11-21(15-19)28-26(33)27-17-24(31)30(22-12-5-4-6-13-22)18-25(32)29(3)23-14-8-10-20(2)16-23/h4-16H,17-18H2,1-3H3,(H2,27,28,33). The van der Waals surface area contributed by atoms with Gasteiger partial charge in [0.1, 0.15) is 6.54 Å². The van der Waals surface area contributed by atoms with Crippen LogP contribution in [-0.2, 0) is 9.59 Å². The van der Waals surface area contributed by atoms with Crippen LogP contribution in [0, 0.1) is 13.8 Å². The van der Waals surface area contributed by atoms with Crippen molar-refractivity contribution in [3.8, 4) is 0 Å². The minimum absolute atomic E-state index is 0.158. The van der Waals surface area contributed by atoms with Gasteiger partial charge in [-0.15, -0.1) is 0 Å². The Kier molecular flexibility index (Phi) is 7.81. The van der Waals surface area contributed by atoms with Crippen LogP contribution in [0.3, 0.4) is 0 Å². The second-order valence-corrected chi connectivity index (χ2v) is 7.78. The van der Waals surface area contributed by atoms with Crippen molar-refractivity contribution in [1.29, 1.82) is 0 Å². The maximum absolute atomic E-state index is 13.0. The highest BCUT2D eigenvalue weighted by molar-refractivity contribution is 6.05. The summed E-state index contributed by atoms with van der Waals surface area (Å²) in [6, 6.07) is 23.4. The summed E-state index contributed by atoms with van der Waals surface area (Å²) in [4.78, 5) is 41.2. The number of hydrogen-bond acceptors (Lipinski definition) is 3. The zero-order valence-electron chi connectivity index (χ0n) is 19.0. The third kappa shape index (κ3) is 6.67. The molecular formula is C26H28N4O3. The first-order valence-electron chi connectivity index (χ1n) is 10.6. The lowest BCUT2D eigenvalue weighted by atomic mass is 10.2. The van der Waals surface area contributed by atoms with E-state index >= 15 is 0 Å². The van der Waals surface area contributed by atoms with Crippen LogP contribution >= 0.6 is 0 Å². The molecule has 0 aliphatic carbocycles. The van der Waals surface area contributed by atoms with E-state index in [1.165, 1.54) is 9.80 Å². The van der Waals surface area contributed by atoms with Crippen molar-refractivity contribution in [3.63, 3.8) is 0 Å². The molecule has 0 fully saturated rings. The van der Waals surface area contributed by atoms with E-state index in [2.05, 4.69) is 10.6 Å². The Morgan fingerprint density at radius 1 is 0.758 bits per heavy atom. The number of likely N-dealkylation sites (N-methyl/N-ethyl adjacent to an activating group) is 1. The third-order valence-corrected chi connectivity index (χ3v) is 5.10. The number of nitrogens with one attached hydrogen (secondary N) is 2. The van der Waals surface area contributed by atoms with Crippen LogP contribution in [0.1, 0.15) is 11.1 Å². The Morgan fingerprint density at radius 3 is 2.06 bits per heavy atom. The van der Waals surface area contributed by atoms with E-state index in [1.807, 2.05) is 62.4 Å². The van der Waals surface area contributed by atoms with Crippen LogP contribution in [-0.4, -0.2) is 38.0 Å². The number of aryl methyl sites for hydroxylation is 2. The monoisotopic (exact) mass is 444 g/mol. The van der Waals surface area contributed by atoms with E-state index < -0.39 is 11.9 Å². The summed E-state index contributed by atoms with van der Waals surface area (Å²) in [5.74, 6) is -0.645. The van der Waals surface area contributed by atoms with Crippen molar-refractivity contribution < 1.29 is 14.4 Å². The van der Waals surface area contributed by atoms with Crippen molar-refractivity contribution in [1.82, 2.24) is 5.32 Å². The summed E-state index contributed by atoms with van der Waals surface area (Å²) in [5.41, 5.74) is 4.00. The summed E-state index contributed by atoms with van der Waals surface area (Å²) in [7, 11) is 1.68. The van der Waals surface area contributed by atoms with Gasteiger partial charge in [0, 0.05) is 24.1 Å². The lowest BCUT2D eigenvalue weighted by Gasteiger charge is -2.26. The summed E-state index contributed by atoms with van der Waals surface area (Å²) in [6.45, 7) is 3.46. The molecule has 33 heavy (non-hydrogen) atoms. The van der Waals surface area contributed by atoms with Crippen molar-refractivity contribution in [2.24, 2.45) is 0 Å². The second-order valence-electron chi connectivity index (χ2n) is 7.78. The van der Waals surface area contributed by atoms with Crippen LogP contribution in [0.15, 0.2) is 78.9 Å². The minimum Gasteiger partial charge on any atom is -0.329 e. The highest BCUT2D eigenvalue weighted by atomic mass is 16.2. The average Bonchev–Trinajstić information content (AvgIpc) is 2.81. The number of carbonyl (C=O) groups excluding carboxylic acids is 3. The maximum Gasteiger partial charge on any atom is 0.319 e. The highest BCUT2D eigenvalue weighted by Gasteiger charge is 2.22. The molecule has 0 aliphatic rings. The van der Waals surface area contributed by atoms with Crippen molar-refractivity contribution in [3.05, 3.63) is 90.0 Å². The largest absolute Gasteiger partial charge is 0.329 e. The summed E-state index contributed by atoms with van der Waals surface area (Å²) >= 11 is 0. The van der Waals surface area contributed by atoms with Gasteiger partial charge in [0.2, 0.25) is 11.8 Å². The Bertz CT molecular complexity index is 1130. The van der Waals surface area contributed by atoms with Gasteiger partial charge in [-0.2, -0.15) is 0 Å². The molecule has 7 nitrogen and oxygen atoms in total. The van der Waals surface area contributed by atoms with E-state index in [1.54, 1.807) is 37.4 Å². The van der Waals surface area contributed by atoms with E-state index in [0.717, 1.165) is 16.8 Å². The second kappa shape index (κ2) is 10.9. The van der Waals surface area contributed by atoms with Crippen LogP contribution in [0.2, 0.25) is 0 Å². The molecule has 0 aliphatic heterocycles. The number of benzene rings is 3. The molecule has 0 aromatic heterocycles. The number of hydrogen-bond donors (Lipinski definition) is 2. The number of anilines is 3. The normalized spacial score (nSPS) is 10.3. The molecular weight excluding hydrogens is 416 g/mol. The molecule has 0 spiro atoms. The van der Waals surface area contributed by atoms with Crippen LogP contribution in [0.25, 0.3) is 0 Å². The first-order chi connectivity index (χ1) is 15.8. The number of rotatable bonds is 7. The van der Waals surface area contributed by atoms with Gasteiger partial charge in [-0.1, -0.05) is 42.5 Å². The molecule has 0 atom stereocenters. The van der Waals surface area contributed by atoms with Crippen molar-refractivity contribution in [2.75, 3.05) is 35.3 Å². The molecule has 3 rings (SSSR count). The molecule has 170 valence electrons. The molecule has 7 heteroatoms. The molecule has 0 saturated carbocycles. The molecule has 0 heterocycles. The molecule has 3 aromatic carbocycles. The summed E-state index contributed by atoms with van der Waals surface area (Å²) < 4.78 is 0. The molecule has 4 amide bonds. The average molecular weight is 445 g/mol. The van der Waals surface area contributed by atoms with E-state index in [9.17, 15) is 14.4 Å². The Hall–Kier alpha value is -4.13. The van der Waals surface area contributed by atoms with Gasteiger partial charge < -0.3 is 20.4 Å². The SMILES string of the molecule is Cc1cccc(NC(=O)NCC(=O)N(CC(=O)N(C)c2cccc(C)c2)c2ccccc2)c1. The fourth-order valence-electron chi connectivity index (χ4n) is 3.30. The van der Waals surface area contributed by atoms with E-state index in [4.69, 9.17) is 0 Å². The quantitative estimate of drug-likeness (QED) is 0.575. The molecule has 3 aromatic rings. The van der Waals surface area contributed by atoms with Gasteiger partial charge in [0.25, 0.3) is 0 Å². The van der Waals surface area contributed by atoms with Gasteiger partial charge in [-0.25, -0.2) is 4.79 Å². The fourth-order valence-corrected chi connectivity index (χ4v) is 3.30.